The Morgan fingerprint density at radius 2 is 1.63 bits per heavy atom. The third-order valence-corrected chi connectivity index (χ3v) is 3.24. The summed E-state index contributed by atoms with van der Waals surface area (Å²) in [5.74, 6) is 0. The van der Waals surface area contributed by atoms with Crippen LogP contribution in [-0.2, 0) is 14.2 Å². The Balaban J connectivity index is 4.02. The fourth-order valence-corrected chi connectivity index (χ4v) is 2.18. The van der Waals surface area contributed by atoms with Crippen molar-refractivity contribution in [2.45, 2.75) is 32.4 Å². The van der Waals surface area contributed by atoms with Crippen LogP contribution in [0.15, 0.2) is 0 Å². The van der Waals surface area contributed by atoms with Gasteiger partial charge in [-0.05, 0) is 26.8 Å². The maximum absolute atomic E-state index is 5.25. The standard InChI is InChI=1S/C14H32N2O3/c1-13(11-15-7-6-9-17-3)16(8-10-18-4)14(2)12-19-5/h13-15H,6-12H2,1-5H3. The molecule has 0 rings (SSSR count). The van der Waals surface area contributed by atoms with Crippen LogP contribution in [-0.4, -0.2) is 77.8 Å². The molecule has 116 valence electrons. The van der Waals surface area contributed by atoms with Gasteiger partial charge in [0.2, 0.25) is 0 Å². The molecule has 0 saturated heterocycles. The Labute approximate surface area is 118 Å². The molecule has 0 heterocycles. The first kappa shape index (κ1) is 18.8. The SMILES string of the molecule is COCCCNCC(C)N(CCOC)C(C)COC. The fourth-order valence-electron chi connectivity index (χ4n) is 2.18. The van der Waals surface area contributed by atoms with E-state index >= 15 is 0 Å². The Morgan fingerprint density at radius 1 is 0.947 bits per heavy atom. The van der Waals surface area contributed by atoms with E-state index in [9.17, 15) is 0 Å². The van der Waals surface area contributed by atoms with Crippen molar-refractivity contribution in [1.29, 1.82) is 0 Å². The van der Waals surface area contributed by atoms with Gasteiger partial charge >= 0.3 is 0 Å². The molecular formula is C14H32N2O3. The minimum absolute atomic E-state index is 0.399. The lowest BCUT2D eigenvalue weighted by atomic mass is 10.2. The van der Waals surface area contributed by atoms with Crippen molar-refractivity contribution in [1.82, 2.24) is 10.2 Å². The average Bonchev–Trinajstić information content (AvgIpc) is 2.39. The Kier molecular flexibility index (Phi) is 12.7. The van der Waals surface area contributed by atoms with Crippen molar-refractivity contribution in [2.24, 2.45) is 0 Å². The van der Waals surface area contributed by atoms with E-state index in [2.05, 4.69) is 24.1 Å². The van der Waals surface area contributed by atoms with Gasteiger partial charge in [0.05, 0.1) is 13.2 Å². The number of hydrogen-bond donors (Lipinski definition) is 1. The number of ether oxygens (including phenoxy) is 3. The van der Waals surface area contributed by atoms with Crippen LogP contribution in [0.2, 0.25) is 0 Å². The molecule has 19 heavy (non-hydrogen) atoms. The summed E-state index contributed by atoms with van der Waals surface area (Å²) in [4.78, 5) is 2.43. The minimum atomic E-state index is 0.399. The third kappa shape index (κ3) is 9.35. The van der Waals surface area contributed by atoms with Gasteiger partial charge in [-0.15, -0.1) is 0 Å². The van der Waals surface area contributed by atoms with Crippen molar-refractivity contribution >= 4 is 0 Å². The number of nitrogens with zero attached hydrogens (tertiary/aromatic N) is 1. The first-order valence-electron chi connectivity index (χ1n) is 7.10. The Morgan fingerprint density at radius 3 is 2.21 bits per heavy atom. The van der Waals surface area contributed by atoms with E-state index < -0.39 is 0 Å². The molecule has 0 fully saturated rings. The van der Waals surface area contributed by atoms with Gasteiger partial charge in [0, 0.05) is 53.1 Å². The van der Waals surface area contributed by atoms with Gasteiger partial charge in [0.25, 0.3) is 0 Å². The van der Waals surface area contributed by atoms with Gasteiger partial charge in [0.1, 0.15) is 0 Å². The topological polar surface area (TPSA) is 43.0 Å². The lowest BCUT2D eigenvalue weighted by molar-refractivity contribution is 0.0516. The second-order valence-electron chi connectivity index (χ2n) is 4.93. The first-order valence-corrected chi connectivity index (χ1v) is 7.10. The molecule has 2 atom stereocenters. The highest BCUT2D eigenvalue weighted by Crippen LogP contribution is 2.05. The van der Waals surface area contributed by atoms with Gasteiger partial charge < -0.3 is 19.5 Å². The van der Waals surface area contributed by atoms with Crippen LogP contribution < -0.4 is 5.32 Å². The predicted molar refractivity (Wildman–Crippen MR) is 78.7 cm³/mol. The second kappa shape index (κ2) is 12.8. The van der Waals surface area contributed by atoms with Gasteiger partial charge in [-0.1, -0.05) is 0 Å². The van der Waals surface area contributed by atoms with Crippen LogP contribution in [0.5, 0.6) is 0 Å². The van der Waals surface area contributed by atoms with Crippen LogP contribution >= 0.6 is 0 Å². The maximum atomic E-state index is 5.25. The molecule has 0 aromatic carbocycles. The van der Waals surface area contributed by atoms with Crippen LogP contribution in [0.4, 0.5) is 0 Å². The molecule has 2 unspecified atom stereocenters. The molecule has 1 N–H and O–H groups in total. The zero-order valence-corrected chi connectivity index (χ0v) is 13.3. The quantitative estimate of drug-likeness (QED) is 0.508. The smallest absolute Gasteiger partial charge is 0.0615 e. The molecule has 0 aliphatic rings. The third-order valence-electron chi connectivity index (χ3n) is 3.24. The predicted octanol–water partition coefficient (Wildman–Crippen LogP) is 0.984. The maximum Gasteiger partial charge on any atom is 0.0615 e. The Hall–Kier alpha value is -0.200. The normalized spacial score (nSPS) is 14.8. The van der Waals surface area contributed by atoms with Gasteiger partial charge in [0.15, 0.2) is 0 Å². The first-order chi connectivity index (χ1) is 9.17. The van der Waals surface area contributed by atoms with Crippen molar-refractivity contribution in [3.05, 3.63) is 0 Å². The summed E-state index contributed by atoms with van der Waals surface area (Å²) in [7, 11) is 5.23. The molecule has 0 aromatic rings. The van der Waals surface area contributed by atoms with E-state index in [0.29, 0.717) is 12.1 Å². The summed E-state index contributed by atoms with van der Waals surface area (Å²) in [5.41, 5.74) is 0. The van der Waals surface area contributed by atoms with Crippen molar-refractivity contribution in [3.8, 4) is 0 Å². The lowest BCUT2D eigenvalue weighted by Gasteiger charge is -2.34. The van der Waals surface area contributed by atoms with E-state index in [-0.39, 0.29) is 0 Å². The molecule has 0 aliphatic carbocycles. The zero-order chi connectivity index (χ0) is 14.5. The van der Waals surface area contributed by atoms with E-state index in [1.807, 2.05) is 0 Å². The van der Waals surface area contributed by atoms with Crippen LogP contribution in [0, 0.1) is 0 Å². The highest BCUT2D eigenvalue weighted by molar-refractivity contribution is 4.75. The monoisotopic (exact) mass is 276 g/mol. The molecule has 0 amide bonds. The number of methoxy groups -OCH3 is 3. The van der Waals surface area contributed by atoms with Crippen LogP contribution in [0.1, 0.15) is 20.3 Å². The summed E-state index contributed by atoms with van der Waals surface area (Å²) in [5, 5.41) is 3.47. The summed E-state index contributed by atoms with van der Waals surface area (Å²) in [6, 6.07) is 0.860. The summed E-state index contributed by atoms with van der Waals surface area (Å²) < 4.78 is 15.5. The van der Waals surface area contributed by atoms with E-state index in [1.54, 1.807) is 21.3 Å². The molecule has 0 radical (unpaired) electrons. The molecule has 0 spiro atoms. The summed E-state index contributed by atoms with van der Waals surface area (Å²) in [6.07, 6.45) is 1.05. The highest BCUT2D eigenvalue weighted by Gasteiger charge is 2.19. The van der Waals surface area contributed by atoms with Crippen LogP contribution in [0.25, 0.3) is 0 Å². The highest BCUT2D eigenvalue weighted by atomic mass is 16.5. The molecule has 5 heteroatoms. The van der Waals surface area contributed by atoms with Crippen molar-refractivity contribution in [2.75, 3.05) is 60.8 Å². The zero-order valence-electron chi connectivity index (χ0n) is 13.3. The lowest BCUT2D eigenvalue weighted by Crippen LogP contribution is -2.48. The minimum Gasteiger partial charge on any atom is -0.385 e. The van der Waals surface area contributed by atoms with Crippen molar-refractivity contribution in [3.63, 3.8) is 0 Å². The van der Waals surface area contributed by atoms with Crippen molar-refractivity contribution < 1.29 is 14.2 Å². The molecule has 0 aliphatic heterocycles. The largest absolute Gasteiger partial charge is 0.385 e. The summed E-state index contributed by atoms with van der Waals surface area (Å²) in [6.45, 7) is 9.65. The fraction of sp³-hybridized carbons (Fsp3) is 1.00. The van der Waals surface area contributed by atoms with E-state index in [4.69, 9.17) is 14.2 Å². The Bertz CT molecular complexity index is 194. The van der Waals surface area contributed by atoms with Gasteiger partial charge in [-0.25, -0.2) is 0 Å². The molecular weight excluding hydrogens is 244 g/mol. The van der Waals surface area contributed by atoms with Gasteiger partial charge in [-0.2, -0.15) is 0 Å². The average molecular weight is 276 g/mol. The molecule has 0 bridgehead atoms. The number of hydrogen-bond acceptors (Lipinski definition) is 5. The van der Waals surface area contributed by atoms with E-state index in [1.165, 1.54) is 0 Å². The second-order valence-corrected chi connectivity index (χ2v) is 4.93. The number of rotatable bonds is 13. The summed E-state index contributed by atoms with van der Waals surface area (Å²) >= 11 is 0. The molecule has 0 aromatic heterocycles. The van der Waals surface area contributed by atoms with Crippen LogP contribution in [0.3, 0.4) is 0 Å². The molecule has 5 nitrogen and oxygen atoms in total. The number of nitrogens with one attached hydrogen (secondary N) is 1. The van der Waals surface area contributed by atoms with E-state index in [0.717, 1.165) is 45.9 Å². The van der Waals surface area contributed by atoms with Gasteiger partial charge in [-0.3, -0.25) is 4.90 Å². The molecule has 0 saturated carbocycles.